The van der Waals surface area contributed by atoms with Gasteiger partial charge in [0, 0.05) is 32.6 Å². The van der Waals surface area contributed by atoms with Gasteiger partial charge in [0.2, 0.25) is 15.9 Å². The van der Waals surface area contributed by atoms with Crippen molar-refractivity contribution < 1.29 is 22.7 Å². The van der Waals surface area contributed by atoms with Crippen LogP contribution in [-0.2, 0) is 27.8 Å². The molecule has 0 bridgehead atoms. The fourth-order valence-corrected chi connectivity index (χ4v) is 4.10. The Morgan fingerprint density at radius 1 is 1.15 bits per heavy atom. The Bertz CT molecular complexity index is 748. The Labute approximate surface area is 155 Å². The normalized spacial score (nSPS) is 14.3. The highest BCUT2D eigenvalue weighted by atomic mass is 32.2. The van der Waals surface area contributed by atoms with Crippen molar-refractivity contribution in [1.29, 1.82) is 0 Å². The molecule has 1 aromatic rings. The number of carbonyl (C=O) groups is 1. The van der Waals surface area contributed by atoms with E-state index < -0.39 is 10.0 Å². The third-order valence-corrected chi connectivity index (χ3v) is 5.89. The van der Waals surface area contributed by atoms with Crippen molar-refractivity contribution in [2.24, 2.45) is 0 Å². The number of ether oxygens (including phenoxy) is 2. The lowest BCUT2D eigenvalue weighted by Gasteiger charge is -2.30. The Kier molecular flexibility index (Phi) is 6.88. The lowest BCUT2D eigenvalue weighted by Crippen LogP contribution is -2.39. The predicted octanol–water partition coefficient (Wildman–Crippen LogP) is 1.65. The minimum atomic E-state index is -3.29. The van der Waals surface area contributed by atoms with Crippen molar-refractivity contribution in [3.05, 3.63) is 23.3 Å². The first-order valence-corrected chi connectivity index (χ1v) is 10.6. The Balaban J connectivity index is 2.04. The molecule has 0 fully saturated rings. The van der Waals surface area contributed by atoms with Crippen LogP contribution in [0.1, 0.15) is 30.9 Å². The lowest BCUT2D eigenvalue weighted by molar-refractivity contribution is -0.132. The van der Waals surface area contributed by atoms with Gasteiger partial charge in [-0.25, -0.2) is 12.7 Å². The van der Waals surface area contributed by atoms with E-state index in [-0.39, 0.29) is 18.9 Å². The van der Waals surface area contributed by atoms with E-state index in [1.54, 1.807) is 19.1 Å². The molecular weight excluding hydrogens is 356 g/mol. The van der Waals surface area contributed by atoms with Crippen molar-refractivity contribution in [3.8, 4) is 11.5 Å². The quantitative estimate of drug-likeness (QED) is 0.681. The van der Waals surface area contributed by atoms with Crippen LogP contribution >= 0.6 is 0 Å². The highest BCUT2D eigenvalue weighted by molar-refractivity contribution is 7.88. The highest BCUT2D eigenvalue weighted by Crippen LogP contribution is 2.33. The van der Waals surface area contributed by atoms with Gasteiger partial charge in [0.1, 0.15) is 0 Å². The van der Waals surface area contributed by atoms with Crippen molar-refractivity contribution in [3.63, 3.8) is 0 Å². The molecule has 7 nitrogen and oxygen atoms in total. The molecule has 26 heavy (non-hydrogen) atoms. The van der Waals surface area contributed by atoms with E-state index in [2.05, 4.69) is 0 Å². The van der Waals surface area contributed by atoms with E-state index in [0.717, 1.165) is 24.0 Å². The fraction of sp³-hybridized carbons (Fsp3) is 0.611. The largest absolute Gasteiger partial charge is 0.493 e. The average molecular weight is 384 g/mol. The smallest absolute Gasteiger partial charge is 0.224 e. The summed E-state index contributed by atoms with van der Waals surface area (Å²) in [6.07, 6.45) is 2.84. The molecular formula is C18H28N2O5S. The van der Waals surface area contributed by atoms with Crippen molar-refractivity contribution in [1.82, 2.24) is 9.21 Å². The third kappa shape index (κ3) is 4.88. The summed E-state index contributed by atoms with van der Waals surface area (Å²) in [5.41, 5.74) is 2.19. The van der Waals surface area contributed by atoms with Gasteiger partial charge >= 0.3 is 0 Å². The first-order chi connectivity index (χ1) is 12.3. The zero-order valence-electron chi connectivity index (χ0n) is 15.9. The second-order valence-corrected chi connectivity index (χ2v) is 8.44. The maximum atomic E-state index is 12.6. The summed E-state index contributed by atoms with van der Waals surface area (Å²) < 4.78 is 35.6. The van der Waals surface area contributed by atoms with Gasteiger partial charge in [0.05, 0.1) is 20.5 Å². The molecule has 1 aliphatic heterocycles. The number of sulfonamides is 1. The van der Waals surface area contributed by atoms with E-state index in [9.17, 15) is 13.2 Å². The Morgan fingerprint density at radius 2 is 1.77 bits per heavy atom. The molecule has 0 saturated carbocycles. The Hall–Kier alpha value is -1.80. The van der Waals surface area contributed by atoms with Gasteiger partial charge < -0.3 is 14.4 Å². The molecule has 0 aliphatic carbocycles. The summed E-state index contributed by atoms with van der Waals surface area (Å²) in [6, 6.07) is 3.87. The number of rotatable bonds is 8. The van der Waals surface area contributed by atoms with E-state index >= 15 is 0 Å². The number of benzene rings is 1. The zero-order chi connectivity index (χ0) is 19.3. The number of methoxy groups -OCH3 is 2. The van der Waals surface area contributed by atoms with Crippen LogP contribution in [0.3, 0.4) is 0 Å². The van der Waals surface area contributed by atoms with Crippen molar-refractivity contribution in [2.75, 3.05) is 40.1 Å². The molecule has 0 spiro atoms. The number of nitrogens with zero attached hydrogens (tertiary/aromatic N) is 2. The minimum absolute atomic E-state index is 0.0322. The van der Waals surface area contributed by atoms with Crippen LogP contribution in [0.25, 0.3) is 0 Å². The summed E-state index contributed by atoms with van der Waals surface area (Å²) in [5.74, 6) is 1.30. The van der Waals surface area contributed by atoms with Crippen LogP contribution in [0.2, 0.25) is 0 Å². The molecule has 2 rings (SSSR count). The number of hydrogen-bond donors (Lipinski definition) is 0. The summed E-state index contributed by atoms with van der Waals surface area (Å²) >= 11 is 0. The molecule has 1 amide bonds. The van der Waals surface area contributed by atoms with Crippen LogP contribution in [0.4, 0.5) is 0 Å². The van der Waals surface area contributed by atoms with Crippen LogP contribution < -0.4 is 9.47 Å². The first-order valence-electron chi connectivity index (χ1n) is 8.76. The molecule has 8 heteroatoms. The monoisotopic (exact) mass is 384 g/mol. The standard InChI is InChI=1S/C18H28N2O5S/c1-5-8-20(26(4,22)23)10-7-18(21)19-9-6-14-11-16(24-2)17(25-3)12-15(14)13-19/h11-12H,5-10,13H2,1-4H3. The molecule has 0 aromatic heterocycles. The summed E-state index contributed by atoms with van der Waals surface area (Å²) in [7, 11) is -0.0959. The van der Waals surface area contributed by atoms with Gasteiger partial charge in [-0.2, -0.15) is 0 Å². The summed E-state index contributed by atoms with van der Waals surface area (Å²) in [6.45, 7) is 3.70. The van der Waals surface area contributed by atoms with Gasteiger partial charge in [-0.3, -0.25) is 4.79 Å². The molecule has 0 radical (unpaired) electrons. The number of carbonyl (C=O) groups excluding carboxylic acids is 1. The van der Waals surface area contributed by atoms with Gasteiger partial charge in [-0.1, -0.05) is 6.92 Å². The topological polar surface area (TPSA) is 76.2 Å². The number of amides is 1. The molecule has 0 N–H and O–H groups in total. The molecule has 1 aliphatic rings. The molecule has 0 atom stereocenters. The van der Waals surface area contributed by atoms with E-state index in [1.165, 1.54) is 10.6 Å². The molecule has 1 aromatic carbocycles. The maximum absolute atomic E-state index is 12.6. The summed E-state index contributed by atoms with van der Waals surface area (Å²) in [5, 5.41) is 0. The SMILES string of the molecule is CCCN(CCC(=O)N1CCc2cc(OC)c(OC)cc2C1)S(C)(=O)=O. The second-order valence-electron chi connectivity index (χ2n) is 6.45. The molecule has 146 valence electrons. The Morgan fingerprint density at radius 3 is 2.31 bits per heavy atom. The van der Waals surface area contributed by atoms with E-state index in [1.807, 2.05) is 19.1 Å². The van der Waals surface area contributed by atoms with Crippen molar-refractivity contribution >= 4 is 15.9 Å². The maximum Gasteiger partial charge on any atom is 0.224 e. The van der Waals surface area contributed by atoms with Gasteiger partial charge in [-0.05, 0) is 36.1 Å². The number of fused-ring (bicyclic) bond motifs is 1. The fourth-order valence-electron chi connectivity index (χ4n) is 3.17. The minimum Gasteiger partial charge on any atom is -0.493 e. The average Bonchev–Trinajstić information content (AvgIpc) is 2.62. The molecule has 0 unspecified atom stereocenters. The van der Waals surface area contributed by atoms with Crippen LogP contribution in [-0.4, -0.2) is 63.6 Å². The van der Waals surface area contributed by atoms with E-state index in [4.69, 9.17) is 9.47 Å². The first kappa shape index (κ1) is 20.5. The number of hydrogen-bond acceptors (Lipinski definition) is 5. The van der Waals surface area contributed by atoms with Crippen LogP contribution in [0, 0.1) is 0 Å². The second kappa shape index (κ2) is 8.73. The van der Waals surface area contributed by atoms with Gasteiger partial charge in [0.25, 0.3) is 0 Å². The highest BCUT2D eigenvalue weighted by Gasteiger charge is 2.24. The van der Waals surface area contributed by atoms with Crippen LogP contribution in [0.5, 0.6) is 11.5 Å². The third-order valence-electron chi connectivity index (χ3n) is 4.59. The van der Waals surface area contributed by atoms with Crippen molar-refractivity contribution in [2.45, 2.75) is 32.7 Å². The zero-order valence-corrected chi connectivity index (χ0v) is 16.8. The lowest BCUT2D eigenvalue weighted by atomic mass is 9.98. The van der Waals surface area contributed by atoms with Gasteiger partial charge in [-0.15, -0.1) is 0 Å². The van der Waals surface area contributed by atoms with E-state index in [0.29, 0.717) is 31.1 Å². The molecule has 0 saturated heterocycles. The van der Waals surface area contributed by atoms with Crippen LogP contribution in [0.15, 0.2) is 12.1 Å². The summed E-state index contributed by atoms with van der Waals surface area (Å²) in [4.78, 5) is 14.3. The van der Waals surface area contributed by atoms with Gasteiger partial charge in [0.15, 0.2) is 11.5 Å². The predicted molar refractivity (Wildman–Crippen MR) is 100.0 cm³/mol. The molecule has 1 heterocycles.